The summed E-state index contributed by atoms with van der Waals surface area (Å²) >= 11 is 2.21. The standard InChI is InChI=1S/C25H15F6N3O2.C25H18F3N3O2.C25H19FIN3O2.C24H18FN3O2/c26-14-8-6-12(7-9-14)16-11-32-25(23(33-16)24(36)13-4-2-1-3-5-13)34-17(35)10-15-18(27)20(29)22(31)21(30)19(15)28;26-18-9-7-16(8-10-18)21-14-29-25(23(30-21)24(33)17-4-2-1-3-5-17)31-22(32)13-15-6-11-19(27)20(28)12-15;26-19-10-8-17(9-11-19)21-15-28-25(23(29-21)24(32)18-4-2-1-3-5-18)30-22(31)14-16-6-12-20(27)13-7-16;25-19-13-11-16(12-14-19)20-15-26-23(28-24(30)18-9-5-2-6-10-18)21(27-20)22(29)17-7-3-1-4-8-17/h1-9,11,24,36H,10H2,(H,32,34,35);1-12,14,24,33H,13H2,(H,29,31,32);1-13,15,24,32H,14H2,(H,28,30,31);1-15,22,29H,(H,26,28,30). The number of halogens is 12. The summed E-state index contributed by atoms with van der Waals surface area (Å²) in [5.41, 5.74) is 6.51. The number of amides is 4. The smallest absolute Gasteiger partial charge is 0.256 e. The van der Waals surface area contributed by atoms with E-state index in [9.17, 15) is 87.9 Å². The molecule has 20 nitrogen and oxygen atoms in total. The van der Waals surface area contributed by atoms with Gasteiger partial charge in [-0.1, -0.05) is 158 Å². The topological polar surface area (TPSA) is 300 Å². The lowest BCUT2D eigenvalue weighted by Gasteiger charge is -2.16. The van der Waals surface area contributed by atoms with E-state index in [4.69, 9.17) is 0 Å². The highest BCUT2D eigenvalue weighted by Gasteiger charge is 2.30. The van der Waals surface area contributed by atoms with Gasteiger partial charge in [0.25, 0.3) is 5.91 Å². The third kappa shape index (κ3) is 24.5. The van der Waals surface area contributed by atoms with Crippen LogP contribution in [0, 0.1) is 67.6 Å². The summed E-state index contributed by atoms with van der Waals surface area (Å²) in [6, 6.07) is 76.8. The van der Waals surface area contributed by atoms with Gasteiger partial charge in [0.1, 0.15) is 70.5 Å². The summed E-state index contributed by atoms with van der Waals surface area (Å²) in [6.45, 7) is 0. The van der Waals surface area contributed by atoms with Gasteiger partial charge in [0.15, 0.2) is 58.2 Å². The number of rotatable bonds is 23. The molecule has 8 N–H and O–H groups in total. The molecule has 0 aliphatic heterocycles. The first-order chi connectivity index (χ1) is 63.2. The van der Waals surface area contributed by atoms with Crippen LogP contribution in [0.1, 0.15) is 96.5 Å². The van der Waals surface area contributed by atoms with Crippen molar-refractivity contribution in [1.29, 1.82) is 0 Å². The Bertz CT molecular complexity index is 6670. The Kier molecular flexibility index (Phi) is 31.3. The van der Waals surface area contributed by atoms with E-state index < -0.39 is 101 Å². The molecule has 16 rings (SSSR count). The second kappa shape index (κ2) is 43.9. The Hall–Kier alpha value is -15.4. The van der Waals surface area contributed by atoms with Crippen molar-refractivity contribution in [3.63, 3.8) is 0 Å². The minimum atomic E-state index is -2.34. The van der Waals surface area contributed by atoms with Gasteiger partial charge in [0.2, 0.25) is 23.5 Å². The molecular formula is C99H70F11IN12O8. The minimum Gasteiger partial charge on any atom is -0.382 e. The number of hydrogen-bond acceptors (Lipinski definition) is 16. The molecule has 0 bridgehead atoms. The third-order valence-corrected chi connectivity index (χ3v) is 20.3. The zero-order chi connectivity index (χ0) is 92.8. The Morgan fingerprint density at radius 1 is 0.290 bits per heavy atom. The SMILES string of the molecule is O=C(Cc1c(F)c(F)c(F)c(F)c1F)Nc1ncc(-c2ccc(F)cc2)nc1C(O)c1ccccc1.O=C(Cc1ccc(F)c(F)c1)Nc1ncc(-c2ccc(F)cc2)nc1C(O)c1ccccc1.O=C(Cc1ccc(I)cc1)Nc1ncc(-c2ccc(F)cc2)nc1C(O)c1ccccc1.O=C(Nc1ncc(-c2ccc(F)cc2)nc1C(O)c1ccccc1)c1ccccc1. The molecule has 0 fully saturated rings. The first kappa shape index (κ1) is 93.3. The van der Waals surface area contributed by atoms with Crippen molar-refractivity contribution >= 4 is 69.5 Å². The van der Waals surface area contributed by atoms with Gasteiger partial charge in [-0.3, -0.25) is 19.2 Å². The van der Waals surface area contributed by atoms with Crippen LogP contribution in [0.15, 0.2) is 316 Å². The molecule has 658 valence electrons. The highest BCUT2D eigenvalue weighted by molar-refractivity contribution is 14.1. The predicted molar refractivity (Wildman–Crippen MR) is 475 cm³/mol. The third-order valence-electron chi connectivity index (χ3n) is 19.6. The minimum absolute atomic E-state index is 0.0183. The molecular weight excluding hydrogens is 1820 g/mol. The molecule has 12 aromatic carbocycles. The number of nitrogens with zero attached hydrogens (tertiary/aromatic N) is 8. The van der Waals surface area contributed by atoms with E-state index >= 15 is 0 Å². The zero-order valence-electron chi connectivity index (χ0n) is 68.0. The lowest BCUT2D eigenvalue weighted by atomic mass is 10.1. The van der Waals surface area contributed by atoms with Crippen LogP contribution in [0.2, 0.25) is 0 Å². The Labute approximate surface area is 753 Å². The first-order valence-corrected chi connectivity index (χ1v) is 40.6. The number of nitrogens with one attached hydrogen (secondary N) is 4. The van der Waals surface area contributed by atoms with Crippen LogP contribution in [-0.2, 0) is 33.6 Å². The number of aliphatic hydroxyl groups excluding tert-OH is 4. The zero-order valence-corrected chi connectivity index (χ0v) is 70.1. The predicted octanol–water partition coefficient (Wildman–Crippen LogP) is 19.8. The van der Waals surface area contributed by atoms with E-state index in [1.54, 1.807) is 146 Å². The molecule has 0 radical (unpaired) electrons. The second-order valence-electron chi connectivity index (χ2n) is 28.7. The molecule has 0 spiro atoms. The lowest BCUT2D eigenvalue weighted by Crippen LogP contribution is -2.21. The van der Waals surface area contributed by atoms with Gasteiger partial charge >= 0.3 is 0 Å². The van der Waals surface area contributed by atoms with E-state index in [2.05, 4.69) is 83.7 Å². The van der Waals surface area contributed by atoms with Crippen LogP contribution in [0.5, 0.6) is 0 Å². The fourth-order valence-corrected chi connectivity index (χ4v) is 13.2. The van der Waals surface area contributed by atoms with E-state index in [0.717, 1.165) is 21.3 Å². The average molecular weight is 1890 g/mol. The van der Waals surface area contributed by atoms with Gasteiger partial charge in [-0.05, 0) is 189 Å². The number of aliphatic hydroxyl groups is 4. The van der Waals surface area contributed by atoms with Gasteiger partial charge in [0, 0.05) is 37.0 Å². The van der Waals surface area contributed by atoms with Gasteiger partial charge in [-0.25, -0.2) is 88.2 Å². The number of carbonyl (C=O) groups is 4. The molecule has 131 heavy (non-hydrogen) atoms. The van der Waals surface area contributed by atoms with Crippen LogP contribution in [0.4, 0.5) is 71.6 Å². The average Bonchev–Trinajstić information content (AvgIpc) is 0.783. The summed E-state index contributed by atoms with van der Waals surface area (Å²) in [4.78, 5) is 85.3. The number of anilines is 4. The van der Waals surface area contributed by atoms with E-state index in [-0.39, 0.29) is 93.6 Å². The van der Waals surface area contributed by atoms with E-state index in [1.165, 1.54) is 104 Å². The summed E-state index contributed by atoms with van der Waals surface area (Å²) in [5, 5.41) is 54.1. The summed E-state index contributed by atoms with van der Waals surface area (Å²) < 4.78 is 149. The molecule has 0 aliphatic carbocycles. The Balaban J connectivity index is 0.000000149. The quantitative estimate of drug-likeness (QED) is 0.0128. The van der Waals surface area contributed by atoms with Gasteiger partial charge in [-0.15, -0.1) is 0 Å². The Morgan fingerprint density at radius 3 is 0.863 bits per heavy atom. The van der Waals surface area contributed by atoms with Crippen molar-refractivity contribution in [3.05, 3.63) is 451 Å². The summed E-state index contributed by atoms with van der Waals surface area (Å²) in [6.07, 6.45) is -0.565. The molecule has 0 saturated heterocycles. The molecule has 4 unspecified atom stereocenters. The van der Waals surface area contributed by atoms with Crippen LogP contribution < -0.4 is 21.3 Å². The van der Waals surface area contributed by atoms with Crippen molar-refractivity contribution in [3.8, 4) is 45.0 Å². The van der Waals surface area contributed by atoms with E-state index in [1.807, 2.05) is 54.6 Å². The van der Waals surface area contributed by atoms with Gasteiger partial charge < -0.3 is 41.7 Å². The molecule has 32 heteroatoms. The number of aromatic nitrogens is 8. The Morgan fingerprint density at radius 2 is 0.557 bits per heavy atom. The van der Waals surface area contributed by atoms with Crippen molar-refractivity contribution in [2.75, 3.05) is 21.3 Å². The van der Waals surface area contributed by atoms with Crippen LogP contribution in [0.3, 0.4) is 0 Å². The fraction of sp³-hybridized carbons (Fsp3) is 0.0707. The van der Waals surface area contributed by atoms with Crippen LogP contribution in [0.25, 0.3) is 45.0 Å². The van der Waals surface area contributed by atoms with Crippen molar-refractivity contribution in [2.45, 2.75) is 43.7 Å². The number of hydrogen-bond donors (Lipinski definition) is 8. The fourth-order valence-electron chi connectivity index (χ4n) is 12.9. The molecule has 16 aromatic rings. The summed E-state index contributed by atoms with van der Waals surface area (Å²) in [5.74, 6) is -17.0. The molecule has 0 aliphatic rings. The second-order valence-corrected chi connectivity index (χ2v) is 29.9. The number of benzene rings is 12. The molecule has 0 saturated carbocycles. The van der Waals surface area contributed by atoms with Crippen molar-refractivity contribution in [2.24, 2.45) is 0 Å². The van der Waals surface area contributed by atoms with Crippen LogP contribution >= 0.6 is 22.6 Å². The molecule has 4 heterocycles. The maximum atomic E-state index is 14.0. The van der Waals surface area contributed by atoms with Gasteiger partial charge in [0.05, 0.1) is 66.8 Å². The highest BCUT2D eigenvalue weighted by atomic mass is 127. The van der Waals surface area contributed by atoms with Crippen molar-refractivity contribution < 1.29 is 87.9 Å². The molecule has 4 aromatic heterocycles. The molecule has 4 amide bonds. The monoisotopic (exact) mass is 1890 g/mol. The van der Waals surface area contributed by atoms with Gasteiger partial charge in [-0.2, -0.15) is 0 Å². The first-order valence-electron chi connectivity index (χ1n) is 39.6. The lowest BCUT2D eigenvalue weighted by molar-refractivity contribution is -0.116. The maximum absolute atomic E-state index is 14.0. The van der Waals surface area contributed by atoms with Crippen LogP contribution in [-0.4, -0.2) is 83.9 Å². The maximum Gasteiger partial charge on any atom is 0.256 e. The van der Waals surface area contributed by atoms with Crippen molar-refractivity contribution in [1.82, 2.24) is 39.9 Å². The normalized spacial score (nSPS) is 11.8. The summed E-state index contributed by atoms with van der Waals surface area (Å²) in [7, 11) is 0. The van der Waals surface area contributed by atoms with E-state index in [0.29, 0.717) is 67.2 Å². The number of carbonyl (C=O) groups excluding carboxylic acids is 4. The highest BCUT2D eigenvalue weighted by Crippen LogP contribution is 2.35. The largest absolute Gasteiger partial charge is 0.382 e. The molecule has 4 atom stereocenters.